The van der Waals surface area contributed by atoms with Gasteiger partial charge in [0.1, 0.15) is 5.25 Å². The first-order valence-corrected chi connectivity index (χ1v) is 4.72. The quantitative estimate of drug-likeness (QED) is 0.590. The molecule has 5 heteroatoms. The Balaban J connectivity index is 4.14. The number of aliphatic carboxylic acids is 1. The number of rotatable bonds is 5. The predicted octanol–water partition coefficient (Wildman–Crippen LogP) is 0.997. The molecule has 0 aliphatic carbocycles. The third kappa shape index (κ3) is 4.04. The Morgan fingerprint density at radius 2 is 2.25 bits per heavy atom. The van der Waals surface area contributed by atoms with Gasteiger partial charge in [0.2, 0.25) is 0 Å². The van der Waals surface area contributed by atoms with Gasteiger partial charge in [-0.05, 0) is 11.8 Å². The molecule has 0 rings (SSSR count). The molecule has 1 unspecified atom stereocenters. The van der Waals surface area contributed by atoms with E-state index in [9.17, 15) is 4.79 Å². The fourth-order valence-corrected chi connectivity index (χ4v) is 1.73. The van der Waals surface area contributed by atoms with E-state index in [4.69, 9.17) is 10.2 Å². The molecule has 0 aromatic rings. The fourth-order valence-electron chi connectivity index (χ4n) is 0.619. The maximum absolute atomic E-state index is 10.5. The van der Waals surface area contributed by atoms with Crippen LogP contribution in [0.1, 0.15) is 6.92 Å². The lowest BCUT2D eigenvalue weighted by molar-refractivity contribution is -0.136. The van der Waals surface area contributed by atoms with Gasteiger partial charge in [0, 0.05) is 0 Å². The van der Waals surface area contributed by atoms with Crippen molar-refractivity contribution in [1.82, 2.24) is 0 Å². The Morgan fingerprint density at radius 3 is 2.50 bits per heavy atom. The number of carbonyl (C=O) groups is 1. The molecule has 0 aromatic heterocycles. The molecule has 0 aromatic carbocycles. The lowest BCUT2D eigenvalue weighted by Gasteiger charge is -2.16. The zero-order valence-electron chi connectivity index (χ0n) is 6.73. The van der Waals surface area contributed by atoms with Crippen molar-refractivity contribution in [2.24, 2.45) is 0 Å². The minimum Gasteiger partial charge on any atom is -0.480 e. The number of thiol groups is 1. The van der Waals surface area contributed by atoms with Gasteiger partial charge in [-0.25, -0.2) is 0 Å². The summed E-state index contributed by atoms with van der Waals surface area (Å²) in [6.07, 6.45) is 0. The number of carboxylic acids is 1. The summed E-state index contributed by atoms with van der Waals surface area (Å²) in [5, 5.41) is 16.1. The second-order valence-corrected chi connectivity index (χ2v) is 4.42. The molecule has 0 spiro atoms. The Morgan fingerprint density at radius 1 is 1.75 bits per heavy atom. The van der Waals surface area contributed by atoms with E-state index in [1.165, 1.54) is 11.8 Å². The molecule has 70 valence electrons. The standard InChI is InChI=1S/C7H12O3S2/c1-4(2)12-5(3-8)6(11)7(9)10/h5-6,8,11H,1,3H2,2H3,(H,9,10)/t5-,6?/m0/s1. The summed E-state index contributed by atoms with van der Waals surface area (Å²) in [5.74, 6) is -1.02. The third-order valence-electron chi connectivity index (χ3n) is 1.14. The lowest BCUT2D eigenvalue weighted by Crippen LogP contribution is -2.29. The minimum atomic E-state index is -1.02. The average Bonchev–Trinajstić information content (AvgIpc) is 1.98. The molecule has 12 heavy (non-hydrogen) atoms. The van der Waals surface area contributed by atoms with Gasteiger partial charge in [-0.3, -0.25) is 4.79 Å². The van der Waals surface area contributed by atoms with Gasteiger partial charge in [-0.1, -0.05) is 6.58 Å². The van der Waals surface area contributed by atoms with Gasteiger partial charge < -0.3 is 10.2 Å². The van der Waals surface area contributed by atoms with Crippen LogP contribution >= 0.6 is 24.4 Å². The Bertz CT molecular complexity index is 181. The highest BCUT2D eigenvalue weighted by molar-refractivity contribution is 8.04. The number of hydrogen-bond acceptors (Lipinski definition) is 4. The van der Waals surface area contributed by atoms with Crippen molar-refractivity contribution in [3.05, 3.63) is 11.5 Å². The first kappa shape index (κ1) is 11.9. The molecule has 0 saturated carbocycles. The maximum Gasteiger partial charge on any atom is 0.317 e. The van der Waals surface area contributed by atoms with Gasteiger partial charge in [-0.2, -0.15) is 12.6 Å². The van der Waals surface area contributed by atoms with E-state index in [1.807, 2.05) is 0 Å². The van der Waals surface area contributed by atoms with E-state index in [0.717, 1.165) is 4.91 Å². The predicted molar refractivity (Wildman–Crippen MR) is 53.7 cm³/mol. The molecule has 0 fully saturated rings. The van der Waals surface area contributed by atoms with Crippen LogP contribution in [-0.4, -0.2) is 33.3 Å². The molecular formula is C7H12O3S2. The Hall–Kier alpha value is -0.130. The fraction of sp³-hybridized carbons (Fsp3) is 0.571. The molecule has 0 aliphatic heterocycles. The molecule has 0 radical (unpaired) electrons. The summed E-state index contributed by atoms with van der Waals surface area (Å²) >= 11 is 5.09. The van der Waals surface area contributed by atoms with Crippen molar-refractivity contribution in [1.29, 1.82) is 0 Å². The van der Waals surface area contributed by atoms with Crippen molar-refractivity contribution in [3.8, 4) is 0 Å². The minimum absolute atomic E-state index is 0.210. The van der Waals surface area contributed by atoms with Crippen molar-refractivity contribution in [2.75, 3.05) is 6.61 Å². The van der Waals surface area contributed by atoms with E-state index >= 15 is 0 Å². The maximum atomic E-state index is 10.5. The summed E-state index contributed by atoms with van der Waals surface area (Å²) < 4.78 is 0. The van der Waals surface area contributed by atoms with Crippen molar-refractivity contribution in [3.63, 3.8) is 0 Å². The topological polar surface area (TPSA) is 57.5 Å². The second kappa shape index (κ2) is 5.50. The average molecular weight is 208 g/mol. The van der Waals surface area contributed by atoms with Gasteiger partial charge in [0.05, 0.1) is 11.9 Å². The second-order valence-electron chi connectivity index (χ2n) is 2.32. The normalized spacial score (nSPS) is 15.2. The van der Waals surface area contributed by atoms with Crippen LogP contribution in [0, 0.1) is 0 Å². The van der Waals surface area contributed by atoms with Gasteiger partial charge in [0.25, 0.3) is 0 Å². The van der Waals surface area contributed by atoms with Crippen LogP contribution in [0.25, 0.3) is 0 Å². The van der Waals surface area contributed by atoms with Crippen LogP contribution in [-0.2, 0) is 4.79 Å². The smallest absolute Gasteiger partial charge is 0.317 e. The van der Waals surface area contributed by atoms with E-state index in [1.54, 1.807) is 6.92 Å². The summed E-state index contributed by atoms with van der Waals surface area (Å²) in [4.78, 5) is 11.2. The largest absolute Gasteiger partial charge is 0.480 e. The van der Waals surface area contributed by atoms with E-state index in [0.29, 0.717) is 0 Å². The molecule has 0 amide bonds. The highest BCUT2D eigenvalue weighted by atomic mass is 32.2. The first-order chi connectivity index (χ1) is 5.49. The Labute approximate surface area is 81.3 Å². The van der Waals surface area contributed by atoms with E-state index < -0.39 is 16.5 Å². The van der Waals surface area contributed by atoms with Crippen LogP contribution in [0.5, 0.6) is 0 Å². The van der Waals surface area contributed by atoms with E-state index in [-0.39, 0.29) is 6.61 Å². The molecule has 0 bridgehead atoms. The molecule has 2 atom stereocenters. The highest BCUT2D eigenvalue weighted by Crippen LogP contribution is 2.24. The number of carboxylic acid groups (broad SMARTS) is 1. The molecular weight excluding hydrogens is 196 g/mol. The summed E-state index contributed by atoms with van der Waals surface area (Å²) in [7, 11) is 0. The van der Waals surface area contributed by atoms with Gasteiger partial charge in [0.15, 0.2) is 0 Å². The highest BCUT2D eigenvalue weighted by Gasteiger charge is 2.24. The summed E-state index contributed by atoms with van der Waals surface area (Å²) in [5.41, 5.74) is 0. The number of aliphatic hydroxyl groups is 1. The van der Waals surface area contributed by atoms with Crippen molar-refractivity contribution in [2.45, 2.75) is 17.4 Å². The van der Waals surface area contributed by atoms with E-state index in [2.05, 4.69) is 19.2 Å². The zero-order chi connectivity index (χ0) is 9.72. The van der Waals surface area contributed by atoms with Crippen LogP contribution in [0.2, 0.25) is 0 Å². The zero-order valence-corrected chi connectivity index (χ0v) is 8.44. The van der Waals surface area contributed by atoms with Crippen LogP contribution in [0.15, 0.2) is 11.5 Å². The number of hydrogen-bond donors (Lipinski definition) is 3. The number of allylic oxidation sites excluding steroid dienone is 1. The summed E-state index contributed by atoms with van der Waals surface area (Å²) in [6.45, 7) is 5.16. The SMILES string of the molecule is C=C(C)S[C@@H](CO)C(S)C(=O)O. The van der Waals surface area contributed by atoms with Crippen molar-refractivity contribution < 1.29 is 15.0 Å². The number of thioether (sulfide) groups is 1. The van der Waals surface area contributed by atoms with Crippen LogP contribution in [0.3, 0.4) is 0 Å². The van der Waals surface area contributed by atoms with Crippen LogP contribution in [0.4, 0.5) is 0 Å². The summed E-state index contributed by atoms with van der Waals surface area (Å²) in [6, 6.07) is 0. The molecule has 0 aliphatic rings. The lowest BCUT2D eigenvalue weighted by atomic mass is 10.3. The molecule has 0 heterocycles. The monoisotopic (exact) mass is 208 g/mol. The third-order valence-corrected chi connectivity index (χ3v) is 3.05. The van der Waals surface area contributed by atoms with Crippen LogP contribution < -0.4 is 0 Å². The first-order valence-electron chi connectivity index (χ1n) is 3.33. The van der Waals surface area contributed by atoms with Gasteiger partial charge in [-0.15, -0.1) is 11.8 Å². The van der Waals surface area contributed by atoms with Crippen molar-refractivity contribution >= 4 is 30.4 Å². The van der Waals surface area contributed by atoms with Gasteiger partial charge >= 0.3 is 5.97 Å². The number of aliphatic hydroxyl groups excluding tert-OH is 1. The Kier molecular flexibility index (Phi) is 5.44. The molecule has 3 nitrogen and oxygen atoms in total. The molecule has 2 N–H and O–H groups in total. The molecule has 0 saturated heterocycles.